The molecule has 0 saturated carbocycles. The molecule has 0 spiro atoms. The molecule has 2 heterocycles. The molecule has 2 nitrogen and oxygen atoms in total. The van der Waals surface area contributed by atoms with Crippen molar-refractivity contribution in [2.24, 2.45) is 0 Å². The maximum Gasteiger partial charge on any atom is 0.214 e. The molecule has 0 aliphatic heterocycles. The van der Waals surface area contributed by atoms with Gasteiger partial charge in [-0.05, 0) is 34.1 Å². The van der Waals surface area contributed by atoms with E-state index in [1.807, 2.05) is 13.8 Å². The standard InChI is InChI=1S/C34H34N2.C2H6/c1-25(2)29-11-7-9-15-33(29)35-21-17-27(18-22-35)31-13-5-6-14-32(31)28-19-23-36(24-20-28)34-16-10-8-12-30(34)26(3)4;1-2/h5-26H,1-4H3;1-2H3/q+2;. The molecule has 2 aromatic heterocycles. The van der Waals surface area contributed by atoms with Gasteiger partial charge in [0.1, 0.15) is 0 Å². The summed E-state index contributed by atoms with van der Waals surface area (Å²) in [6, 6.07) is 34.8. The fourth-order valence-electron chi connectivity index (χ4n) is 4.94. The first-order valence-corrected chi connectivity index (χ1v) is 13.8. The van der Waals surface area contributed by atoms with Crippen molar-refractivity contribution < 1.29 is 9.13 Å². The van der Waals surface area contributed by atoms with E-state index in [0.29, 0.717) is 11.8 Å². The Balaban J connectivity index is 0.00000164. The molecule has 192 valence electrons. The Hall–Kier alpha value is -4.04. The average Bonchev–Trinajstić information content (AvgIpc) is 2.98. The van der Waals surface area contributed by atoms with Crippen molar-refractivity contribution >= 4 is 0 Å². The van der Waals surface area contributed by atoms with E-state index in [-0.39, 0.29) is 0 Å². The van der Waals surface area contributed by atoms with Crippen LogP contribution in [0.5, 0.6) is 0 Å². The first-order valence-electron chi connectivity index (χ1n) is 13.8. The Morgan fingerprint density at radius 1 is 0.421 bits per heavy atom. The molecule has 0 unspecified atom stereocenters. The lowest BCUT2D eigenvalue weighted by atomic mass is 9.95. The van der Waals surface area contributed by atoms with E-state index in [1.54, 1.807) is 0 Å². The lowest BCUT2D eigenvalue weighted by molar-refractivity contribution is -0.596. The Morgan fingerprint density at radius 3 is 1.08 bits per heavy atom. The third-order valence-electron chi connectivity index (χ3n) is 6.88. The first kappa shape index (κ1) is 27.0. The summed E-state index contributed by atoms with van der Waals surface area (Å²) in [7, 11) is 0. The first-order chi connectivity index (χ1) is 18.5. The van der Waals surface area contributed by atoms with Crippen LogP contribution in [0.15, 0.2) is 122 Å². The molecule has 3 aromatic carbocycles. The summed E-state index contributed by atoms with van der Waals surface area (Å²) in [6.07, 6.45) is 8.70. The van der Waals surface area contributed by atoms with Gasteiger partial charge in [0.25, 0.3) is 0 Å². The predicted molar refractivity (Wildman–Crippen MR) is 160 cm³/mol. The van der Waals surface area contributed by atoms with Crippen LogP contribution in [0, 0.1) is 0 Å². The summed E-state index contributed by atoms with van der Waals surface area (Å²) >= 11 is 0. The number of rotatable bonds is 6. The van der Waals surface area contributed by atoms with Crippen LogP contribution in [0.4, 0.5) is 0 Å². The number of hydrogen-bond acceptors (Lipinski definition) is 0. The molecule has 0 N–H and O–H groups in total. The van der Waals surface area contributed by atoms with E-state index < -0.39 is 0 Å². The molecule has 0 bridgehead atoms. The van der Waals surface area contributed by atoms with Crippen LogP contribution in [0.2, 0.25) is 0 Å². The van der Waals surface area contributed by atoms with Crippen LogP contribution in [0.1, 0.15) is 64.5 Å². The number of benzene rings is 3. The normalized spacial score (nSPS) is 10.8. The molecular weight excluding hydrogens is 460 g/mol. The lowest BCUT2D eigenvalue weighted by Gasteiger charge is -2.11. The van der Waals surface area contributed by atoms with Crippen molar-refractivity contribution in [2.45, 2.75) is 53.4 Å². The second-order valence-corrected chi connectivity index (χ2v) is 9.96. The molecule has 0 saturated heterocycles. The van der Waals surface area contributed by atoms with E-state index in [1.165, 1.54) is 44.8 Å². The van der Waals surface area contributed by atoms with Gasteiger partial charge in [0.15, 0.2) is 24.8 Å². The van der Waals surface area contributed by atoms with Crippen molar-refractivity contribution in [1.29, 1.82) is 0 Å². The summed E-state index contributed by atoms with van der Waals surface area (Å²) in [6.45, 7) is 13.0. The van der Waals surface area contributed by atoms with Crippen LogP contribution in [-0.2, 0) is 0 Å². The van der Waals surface area contributed by atoms with E-state index in [0.717, 1.165) is 0 Å². The highest BCUT2D eigenvalue weighted by Crippen LogP contribution is 2.31. The van der Waals surface area contributed by atoms with E-state index in [4.69, 9.17) is 0 Å². The Labute approximate surface area is 228 Å². The van der Waals surface area contributed by atoms with Gasteiger partial charge in [-0.25, -0.2) is 0 Å². The molecular formula is C36H40N2+2. The van der Waals surface area contributed by atoms with Crippen LogP contribution >= 0.6 is 0 Å². The molecule has 0 aliphatic carbocycles. The lowest BCUT2D eigenvalue weighted by Crippen LogP contribution is -2.31. The molecule has 0 amide bonds. The molecule has 0 aliphatic rings. The van der Waals surface area contributed by atoms with Crippen molar-refractivity contribution in [3.63, 3.8) is 0 Å². The van der Waals surface area contributed by atoms with Crippen molar-refractivity contribution in [3.8, 4) is 33.6 Å². The molecule has 0 fully saturated rings. The highest BCUT2D eigenvalue weighted by molar-refractivity contribution is 5.82. The van der Waals surface area contributed by atoms with Gasteiger partial charge in [0.05, 0.1) is 0 Å². The Morgan fingerprint density at radius 2 is 0.737 bits per heavy atom. The van der Waals surface area contributed by atoms with E-state index in [2.05, 4.69) is 159 Å². The summed E-state index contributed by atoms with van der Waals surface area (Å²) in [4.78, 5) is 0. The minimum atomic E-state index is 0.474. The van der Waals surface area contributed by atoms with Crippen molar-refractivity contribution in [3.05, 3.63) is 133 Å². The van der Waals surface area contributed by atoms with Gasteiger partial charge in [-0.2, -0.15) is 9.13 Å². The quantitative estimate of drug-likeness (QED) is 0.206. The third-order valence-corrected chi connectivity index (χ3v) is 6.88. The molecule has 38 heavy (non-hydrogen) atoms. The second kappa shape index (κ2) is 12.5. The van der Waals surface area contributed by atoms with Crippen LogP contribution < -0.4 is 9.13 Å². The fourth-order valence-corrected chi connectivity index (χ4v) is 4.94. The van der Waals surface area contributed by atoms with E-state index in [9.17, 15) is 0 Å². The van der Waals surface area contributed by atoms with Crippen molar-refractivity contribution in [1.82, 2.24) is 0 Å². The van der Waals surface area contributed by atoms with Gasteiger partial charge in [-0.1, -0.05) is 102 Å². The topological polar surface area (TPSA) is 7.76 Å². The molecule has 5 rings (SSSR count). The van der Waals surface area contributed by atoms with E-state index >= 15 is 0 Å². The zero-order valence-corrected chi connectivity index (χ0v) is 23.6. The molecule has 0 radical (unpaired) electrons. The van der Waals surface area contributed by atoms with Gasteiger partial charge in [0, 0.05) is 47.5 Å². The van der Waals surface area contributed by atoms with Gasteiger partial charge < -0.3 is 0 Å². The summed E-state index contributed by atoms with van der Waals surface area (Å²) < 4.78 is 4.44. The third kappa shape index (κ3) is 5.75. The van der Waals surface area contributed by atoms with Crippen LogP contribution in [-0.4, -0.2) is 0 Å². The minimum Gasteiger partial charge on any atom is -0.167 e. The minimum absolute atomic E-state index is 0.474. The van der Waals surface area contributed by atoms with Gasteiger partial charge in [-0.15, -0.1) is 0 Å². The maximum atomic E-state index is 2.25. The van der Waals surface area contributed by atoms with Crippen molar-refractivity contribution in [2.75, 3.05) is 0 Å². The number of hydrogen-bond donors (Lipinski definition) is 0. The van der Waals surface area contributed by atoms with Crippen LogP contribution in [0.25, 0.3) is 33.6 Å². The summed E-state index contributed by atoms with van der Waals surface area (Å²) in [5.41, 5.74) is 10.1. The number of aromatic nitrogens is 2. The number of pyridine rings is 2. The highest BCUT2D eigenvalue weighted by Gasteiger charge is 2.17. The second-order valence-electron chi connectivity index (χ2n) is 9.96. The average molecular weight is 501 g/mol. The van der Waals surface area contributed by atoms with Gasteiger partial charge in [0.2, 0.25) is 11.4 Å². The summed E-state index contributed by atoms with van der Waals surface area (Å²) in [5, 5.41) is 0. The predicted octanol–water partition coefficient (Wildman–Crippen LogP) is 8.85. The van der Waals surface area contributed by atoms with Gasteiger partial charge in [-0.3, -0.25) is 0 Å². The number of para-hydroxylation sites is 2. The summed E-state index contributed by atoms with van der Waals surface area (Å²) in [5.74, 6) is 0.949. The molecule has 0 atom stereocenters. The highest BCUT2D eigenvalue weighted by atomic mass is 14.9. The zero-order valence-electron chi connectivity index (χ0n) is 23.6. The monoisotopic (exact) mass is 500 g/mol. The smallest absolute Gasteiger partial charge is 0.167 e. The van der Waals surface area contributed by atoms with Crippen LogP contribution in [0.3, 0.4) is 0 Å². The molecule has 5 aromatic rings. The Bertz CT molecular complexity index is 1350. The zero-order chi connectivity index (χ0) is 27.1. The fraction of sp³-hybridized carbons (Fsp3) is 0.222. The molecule has 2 heteroatoms. The largest absolute Gasteiger partial charge is 0.214 e. The number of nitrogens with zero attached hydrogens (tertiary/aromatic N) is 2. The Kier molecular flexibility index (Phi) is 8.86. The SMILES string of the molecule is CC.CC(C)c1ccccc1-[n+]1ccc(-c2ccccc2-c2cc[n+](-c3ccccc3C(C)C)cc2)cc1. The maximum absolute atomic E-state index is 2.25. The van der Waals surface area contributed by atoms with Gasteiger partial charge >= 0.3 is 0 Å².